The molecular weight excluding hydrogens is 378 g/mol. The third-order valence-corrected chi connectivity index (χ3v) is 6.60. The molecule has 1 amide bonds. The summed E-state index contributed by atoms with van der Waals surface area (Å²) in [5.74, 6) is 0.120. The molecule has 1 aromatic heterocycles. The summed E-state index contributed by atoms with van der Waals surface area (Å²) in [7, 11) is -3.57. The summed E-state index contributed by atoms with van der Waals surface area (Å²) in [5, 5.41) is 0. The average Bonchev–Trinajstić information content (AvgIpc) is 2.95. The second kappa shape index (κ2) is 8.70. The third kappa shape index (κ3) is 4.34. The van der Waals surface area contributed by atoms with Gasteiger partial charge in [0.2, 0.25) is 15.9 Å². The highest BCUT2D eigenvalue weighted by Gasteiger charge is 2.29. The number of carbonyl (C=O) groups excluding carboxylic acids is 1. The standard InChI is InChI=1S/C20H25N3O4S/c1-3-27-19-18(6-4-11-21-19)20(24)22-12-5-13-23(15-14-22)28(25,26)17-9-7-16(2)8-10-17/h4,6-11H,3,5,12-15H2,1-2H3. The number of benzene rings is 1. The fourth-order valence-electron chi connectivity index (χ4n) is 3.17. The van der Waals surface area contributed by atoms with Crippen LogP contribution in [0.25, 0.3) is 0 Å². The highest BCUT2D eigenvalue weighted by atomic mass is 32.2. The van der Waals surface area contributed by atoms with Crippen LogP contribution in [0.5, 0.6) is 5.88 Å². The molecule has 0 unspecified atom stereocenters. The van der Waals surface area contributed by atoms with Crippen LogP contribution < -0.4 is 4.74 Å². The summed E-state index contributed by atoms with van der Waals surface area (Å²) in [6, 6.07) is 10.2. The van der Waals surface area contributed by atoms with Crippen molar-refractivity contribution in [3.63, 3.8) is 0 Å². The van der Waals surface area contributed by atoms with Crippen LogP contribution in [0.2, 0.25) is 0 Å². The van der Waals surface area contributed by atoms with Gasteiger partial charge < -0.3 is 9.64 Å². The van der Waals surface area contributed by atoms with E-state index in [2.05, 4.69) is 4.98 Å². The minimum atomic E-state index is -3.57. The molecule has 2 heterocycles. The van der Waals surface area contributed by atoms with E-state index in [1.54, 1.807) is 47.5 Å². The minimum absolute atomic E-state index is 0.189. The van der Waals surface area contributed by atoms with E-state index < -0.39 is 10.0 Å². The van der Waals surface area contributed by atoms with Crippen molar-refractivity contribution in [3.8, 4) is 5.88 Å². The van der Waals surface area contributed by atoms with Crippen molar-refractivity contribution in [3.05, 3.63) is 53.7 Å². The summed E-state index contributed by atoms with van der Waals surface area (Å²) < 4.78 is 32.8. The van der Waals surface area contributed by atoms with Crippen LogP contribution in [-0.2, 0) is 10.0 Å². The van der Waals surface area contributed by atoms with E-state index in [1.165, 1.54) is 4.31 Å². The van der Waals surface area contributed by atoms with Crippen LogP contribution in [0.15, 0.2) is 47.5 Å². The number of ether oxygens (including phenoxy) is 1. The molecule has 1 aliphatic rings. The first-order valence-electron chi connectivity index (χ1n) is 9.37. The van der Waals surface area contributed by atoms with Gasteiger partial charge in [-0.05, 0) is 44.5 Å². The van der Waals surface area contributed by atoms with E-state index in [9.17, 15) is 13.2 Å². The largest absolute Gasteiger partial charge is 0.477 e. The van der Waals surface area contributed by atoms with Crippen molar-refractivity contribution in [2.24, 2.45) is 0 Å². The number of aryl methyl sites for hydroxylation is 1. The molecule has 150 valence electrons. The molecule has 0 aliphatic carbocycles. The lowest BCUT2D eigenvalue weighted by atomic mass is 10.2. The molecule has 1 aliphatic heterocycles. The van der Waals surface area contributed by atoms with E-state index in [1.807, 2.05) is 13.8 Å². The first kappa shape index (κ1) is 20.3. The predicted octanol–water partition coefficient (Wildman–Crippen LogP) is 2.33. The van der Waals surface area contributed by atoms with Crippen LogP contribution in [-0.4, -0.2) is 61.3 Å². The lowest BCUT2D eigenvalue weighted by molar-refractivity contribution is 0.0759. The average molecular weight is 404 g/mol. The lowest BCUT2D eigenvalue weighted by Gasteiger charge is -2.22. The Hall–Kier alpha value is -2.45. The zero-order valence-corrected chi connectivity index (χ0v) is 17.0. The monoisotopic (exact) mass is 403 g/mol. The SMILES string of the molecule is CCOc1ncccc1C(=O)N1CCCN(S(=O)(=O)c2ccc(C)cc2)CC1. The number of rotatable bonds is 5. The van der Waals surface area contributed by atoms with Gasteiger partial charge in [0, 0.05) is 32.4 Å². The van der Waals surface area contributed by atoms with Crippen LogP contribution in [0.3, 0.4) is 0 Å². The summed E-state index contributed by atoms with van der Waals surface area (Å²) >= 11 is 0. The zero-order valence-electron chi connectivity index (χ0n) is 16.2. The van der Waals surface area contributed by atoms with Crippen molar-refractivity contribution in [2.75, 3.05) is 32.8 Å². The Labute approximate surface area is 166 Å². The maximum Gasteiger partial charge on any atom is 0.259 e. The molecule has 1 fully saturated rings. The third-order valence-electron chi connectivity index (χ3n) is 4.68. The number of hydrogen-bond donors (Lipinski definition) is 0. The van der Waals surface area contributed by atoms with Crippen LogP contribution in [0.1, 0.15) is 29.3 Å². The van der Waals surface area contributed by atoms with Gasteiger partial charge in [0.15, 0.2) is 0 Å². The summed E-state index contributed by atoms with van der Waals surface area (Å²) in [5.41, 5.74) is 1.41. The van der Waals surface area contributed by atoms with Gasteiger partial charge in [0.1, 0.15) is 5.56 Å². The molecule has 0 bridgehead atoms. The Bertz CT molecular complexity index is 929. The highest BCUT2D eigenvalue weighted by molar-refractivity contribution is 7.89. The van der Waals surface area contributed by atoms with Crippen molar-refractivity contribution in [1.29, 1.82) is 0 Å². The van der Waals surface area contributed by atoms with Gasteiger partial charge in [0.25, 0.3) is 5.91 Å². The highest BCUT2D eigenvalue weighted by Crippen LogP contribution is 2.21. The van der Waals surface area contributed by atoms with Crippen LogP contribution in [0.4, 0.5) is 0 Å². The quantitative estimate of drug-likeness (QED) is 0.766. The van der Waals surface area contributed by atoms with Crippen LogP contribution >= 0.6 is 0 Å². The molecule has 0 radical (unpaired) electrons. The van der Waals surface area contributed by atoms with Crippen molar-refractivity contribution in [1.82, 2.24) is 14.2 Å². The number of nitrogens with zero attached hydrogens (tertiary/aromatic N) is 3. The minimum Gasteiger partial charge on any atom is -0.477 e. The second-order valence-corrected chi connectivity index (χ2v) is 8.59. The molecule has 2 aromatic rings. The molecule has 0 atom stereocenters. The van der Waals surface area contributed by atoms with E-state index in [0.717, 1.165) is 5.56 Å². The summed E-state index contributed by atoms with van der Waals surface area (Å²) in [6.45, 7) is 5.62. The molecule has 28 heavy (non-hydrogen) atoms. The predicted molar refractivity (Wildman–Crippen MR) is 106 cm³/mol. The Balaban J connectivity index is 1.75. The molecular formula is C20H25N3O4S. The molecule has 1 saturated heterocycles. The number of pyridine rings is 1. The fourth-order valence-corrected chi connectivity index (χ4v) is 4.64. The Kier molecular flexibility index (Phi) is 6.31. The van der Waals surface area contributed by atoms with Gasteiger partial charge in [-0.25, -0.2) is 13.4 Å². The number of carbonyl (C=O) groups is 1. The van der Waals surface area contributed by atoms with Crippen molar-refractivity contribution >= 4 is 15.9 Å². The van der Waals surface area contributed by atoms with Gasteiger partial charge in [-0.2, -0.15) is 4.31 Å². The van der Waals surface area contributed by atoms with Crippen molar-refractivity contribution < 1.29 is 17.9 Å². The number of hydrogen-bond acceptors (Lipinski definition) is 5. The molecule has 0 N–H and O–H groups in total. The molecule has 0 saturated carbocycles. The Morgan fingerprint density at radius 1 is 1.11 bits per heavy atom. The van der Waals surface area contributed by atoms with E-state index >= 15 is 0 Å². The van der Waals surface area contributed by atoms with Crippen molar-refractivity contribution in [2.45, 2.75) is 25.2 Å². The van der Waals surface area contributed by atoms with E-state index in [4.69, 9.17) is 4.74 Å². The molecule has 7 nitrogen and oxygen atoms in total. The number of aromatic nitrogens is 1. The van der Waals surface area contributed by atoms with Gasteiger partial charge >= 0.3 is 0 Å². The van der Waals surface area contributed by atoms with Gasteiger partial charge in [-0.15, -0.1) is 0 Å². The number of amides is 1. The lowest BCUT2D eigenvalue weighted by Crippen LogP contribution is -2.37. The molecule has 0 spiro atoms. The summed E-state index contributed by atoms with van der Waals surface area (Å²) in [4.78, 5) is 19.0. The summed E-state index contributed by atoms with van der Waals surface area (Å²) in [6.07, 6.45) is 2.15. The first-order chi connectivity index (χ1) is 13.4. The molecule has 3 rings (SSSR count). The smallest absolute Gasteiger partial charge is 0.259 e. The van der Waals surface area contributed by atoms with Gasteiger partial charge in [0.05, 0.1) is 11.5 Å². The normalized spacial score (nSPS) is 15.9. The maximum atomic E-state index is 12.9. The van der Waals surface area contributed by atoms with E-state index in [0.29, 0.717) is 44.1 Å². The molecule has 8 heteroatoms. The Morgan fingerprint density at radius 2 is 1.86 bits per heavy atom. The molecule has 1 aromatic carbocycles. The van der Waals surface area contributed by atoms with Crippen LogP contribution in [0, 0.1) is 6.92 Å². The van der Waals surface area contributed by atoms with Gasteiger partial charge in [-0.3, -0.25) is 4.79 Å². The Morgan fingerprint density at radius 3 is 2.57 bits per heavy atom. The first-order valence-corrected chi connectivity index (χ1v) is 10.8. The second-order valence-electron chi connectivity index (χ2n) is 6.65. The number of sulfonamides is 1. The fraction of sp³-hybridized carbons (Fsp3) is 0.400. The topological polar surface area (TPSA) is 79.8 Å². The zero-order chi connectivity index (χ0) is 20.1. The maximum absolute atomic E-state index is 12.9. The van der Waals surface area contributed by atoms with Gasteiger partial charge in [-0.1, -0.05) is 17.7 Å². The van der Waals surface area contributed by atoms with E-state index in [-0.39, 0.29) is 17.3 Å².